The first-order valence-corrected chi connectivity index (χ1v) is 10.6. The van der Waals surface area contributed by atoms with E-state index in [4.69, 9.17) is 34.8 Å². The number of carbonyl (C=O) groups is 1. The number of hydrogen-bond acceptors (Lipinski definition) is 3. The molecule has 1 unspecified atom stereocenters. The summed E-state index contributed by atoms with van der Waals surface area (Å²) in [6.45, 7) is 1.72. The predicted octanol–water partition coefficient (Wildman–Crippen LogP) is 4.83. The normalized spacial score (nSPS) is 12.5. The van der Waals surface area contributed by atoms with Crippen molar-refractivity contribution in [3.05, 3.63) is 57.5 Å². The molecule has 0 aliphatic heterocycles. The van der Waals surface area contributed by atoms with E-state index in [-0.39, 0.29) is 11.4 Å². The Hall–Kier alpha value is -1.47. The number of sulfonamides is 1. The summed E-state index contributed by atoms with van der Waals surface area (Å²) in [5.74, 6) is -0.512. The molecule has 1 amide bonds. The monoisotopic (exact) mass is 434 g/mol. The Morgan fingerprint density at radius 2 is 1.77 bits per heavy atom. The number of halogens is 3. The number of benzene rings is 2. The van der Waals surface area contributed by atoms with E-state index in [1.165, 1.54) is 12.1 Å². The lowest BCUT2D eigenvalue weighted by Gasteiger charge is -2.30. The number of nitrogens with zero attached hydrogens (tertiary/aromatic N) is 1. The largest absolute Gasteiger partial charge is 0.323 e. The SMILES string of the molecule is CCC(C(=O)Nc1ccc(Cl)cc1Cl)N(c1cccc(Cl)c1)S(C)(=O)=O. The summed E-state index contributed by atoms with van der Waals surface area (Å²) in [6, 6.07) is 9.97. The lowest BCUT2D eigenvalue weighted by Crippen LogP contribution is -2.47. The molecule has 0 aliphatic carbocycles. The summed E-state index contributed by atoms with van der Waals surface area (Å²) in [7, 11) is -3.74. The maximum atomic E-state index is 12.8. The van der Waals surface area contributed by atoms with Gasteiger partial charge < -0.3 is 5.32 Å². The van der Waals surface area contributed by atoms with Gasteiger partial charge in [0, 0.05) is 10.0 Å². The lowest BCUT2D eigenvalue weighted by atomic mass is 10.2. The van der Waals surface area contributed by atoms with Gasteiger partial charge in [0.25, 0.3) is 0 Å². The van der Waals surface area contributed by atoms with Crippen molar-refractivity contribution in [2.24, 2.45) is 0 Å². The molecule has 2 aromatic rings. The highest BCUT2D eigenvalue weighted by Crippen LogP contribution is 2.28. The average molecular weight is 436 g/mol. The molecule has 0 radical (unpaired) electrons. The molecule has 2 aromatic carbocycles. The number of amides is 1. The van der Waals surface area contributed by atoms with Gasteiger partial charge in [-0.3, -0.25) is 9.10 Å². The van der Waals surface area contributed by atoms with Crippen LogP contribution in [0.1, 0.15) is 13.3 Å². The molecule has 0 fully saturated rings. The minimum Gasteiger partial charge on any atom is -0.323 e. The van der Waals surface area contributed by atoms with E-state index >= 15 is 0 Å². The Labute approximate surface area is 167 Å². The third-order valence-corrected chi connectivity index (χ3v) is 5.54. The molecular formula is C17H17Cl3N2O3S. The van der Waals surface area contributed by atoms with E-state index in [1.54, 1.807) is 37.3 Å². The highest BCUT2D eigenvalue weighted by atomic mass is 35.5. The smallest absolute Gasteiger partial charge is 0.248 e. The summed E-state index contributed by atoms with van der Waals surface area (Å²) in [6.07, 6.45) is 1.29. The molecule has 0 bridgehead atoms. The first kappa shape index (κ1) is 20.8. The highest BCUT2D eigenvalue weighted by molar-refractivity contribution is 7.92. The zero-order chi connectivity index (χ0) is 19.5. The molecule has 1 atom stereocenters. The van der Waals surface area contributed by atoms with Crippen LogP contribution in [0.3, 0.4) is 0 Å². The van der Waals surface area contributed by atoms with Gasteiger partial charge in [0.05, 0.1) is 22.7 Å². The van der Waals surface area contributed by atoms with Crippen LogP contribution in [0.5, 0.6) is 0 Å². The van der Waals surface area contributed by atoms with Crippen LogP contribution in [0.25, 0.3) is 0 Å². The van der Waals surface area contributed by atoms with E-state index < -0.39 is 22.0 Å². The number of hydrogen-bond donors (Lipinski definition) is 1. The minimum atomic E-state index is -3.74. The molecule has 0 spiro atoms. The summed E-state index contributed by atoms with van der Waals surface area (Å²) in [5, 5.41) is 3.71. The van der Waals surface area contributed by atoms with Crippen molar-refractivity contribution in [2.75, 3.05) is 15.9 Å². The second-order valence-electron chi connectivity index (χ2n) is 5.58. The molecule has 1 N–H and O–H groups in total. The van der Waals surface area contributed by atoms with E-state index in [0.29, 0.717) is 21.4 Å². The van der Waals surface area contributed by atoms with Crippen molar-refractivity contribution in [1.82, 2.24) is 0 Å². The molecule has 9 heteroatoms. The van der Waals surface area contributed by atoms with Crippen molar-refractivity contribution < 1.29 is 13.2 Å². The van der Waals surface area contributed by atoms with Crippen molar-refractivity contribution in [1.29, 1.82) is 0 Å². The van der Waals surface area contributed by atoms with Crippen LogP contribution in [0.4, 0.5) is 11.4 Å². The van der Waals surface area contributed by atoms with Crippen LogP contribution < -0.4 is 9.62 Å². The Balaban J connectivity index is 2.40. The van der Waals surface area contributed by atoms with Crippen LogP contribution >= 0.6 is 34.8 Å². The van der Waals surface area contributed by atoms with Crippen molar-refractivity contribution in [2.45, 2.75) is 19.4 Å². The molecule has 0 saturated heterocycles. The summed E-state index contributed by atoms with van der Waals surface area (Å²) in [4.78, 5) is 12.8. The van der Waals surface area contributed by atoms with Crippen LogP contribution in [0, 0.1) is 0 Å². The average Bonchev–Trinajstić information content (AvgIpc) is 2.53. The van der Waals surface area contributed by atoms with E-state index in [0.717, 1.165) is 10.6 Å². The Kier molecular flexibility index (Phi) is 6.80. The van der Waals surface area contributed by atoms with Crippen molar-refractivity contribution >= 4 is 62.1 Å². The van der Waals surface area contributed by atoms with Gasteiger partial charge in [-0.2, -0.15) is 0 Å². The molecule has 140 valence electrons. The van der Waals surface area contributed by atoms with Crippen LogP contribution in [0.2, 0.25) is 15.1 Å². The van der Waals surface area contributed by atoms with E-state index in [9.17, 15) is 13.2 Å². The number of carbonyl (C=O) groups excluding carboxylic acids is 1. The van der Waals surface area contributed by atoms with Gasteiger partial charge in [-0.25, -0.2) is 8.42 Å². The van der Waals surface area contributed by atoms with Gasteiger partial charge in [-0.05, 0) is 42.8 Å². The van der Waals surface area contributed by atoms with Gasteiger partial charge in [-0.1, -0.05) is 47.8 Å². The predicted molar refractivity (Wildman–Crippen MR) is 108 cm³/mol. The summed E-state index contributed by atoms with van der Waals surface area (Å²) in [5.41, 5.74) is 0.656. The molecule has 0 saturated carbocycles. The zero-order valence-corrected chi connectivity index (χ0v) is 17.1. The Morgan fingerprint density at radius 3 is 2.31 bits per heavy atom. The number of rotatable bonds is 6. The standard InChI is InChI=1S/C17H17Cl3N2O3S/c1-3-16(17(23)21-15-8-7-12(19)10-14(15)20)22(26(2,24)25)13-6-4-5-11(18)9-13/h4-10,16H,3H2,1-2H3,(H,21,23). The molecule has 0 aromatic heterocycles. The van der Waals surface area contributed by atoms with Crippen LogP contribution in [-0.2, 0) is 14.8 Å². The molecular weight excluding hydrogens is 419 g/mol. The minimum absolute atomic E-state index is 0.247. The number of anilines is 2. The van der Waals surface area contributed by atoms with Gasteiger partial charge in [0.1, 0.15) is 6.04 Å². The fourth-order valence-electron chi connectivity index (χ4n) is 2.48. The highest BCUT2D eigenvalue weighted by Gasteiger charge is 2.31. The zero-order valence-electron chi connectivity index (χ0n) is 14.0. The summed E-state index contributed by atoms with van der Waals surface area (Å²) < 4.78 is 25.8. The fraction of sp³-hybridized carbons (Fsp3) is 0.235. The van der Waals surface area contributed by atoms with Crippen LogP contribution in [0.15, 0.2) is 42.5 Å². The van der Waals surface area contributed by atoms with Crippen LogP contribution in [-0.4, -0.2) is 26.6 Å². The van der Waals surface area contributed by atoms with Crippen molar-refractivity contribution in [3.63, 3.8) is 0 Å². The molecule has 5 nitrogen and oxygen atoms in total. The quantitative estimate of drug-likeness (QED) is 0.706. The van der Waals surface area contributed by atoms with Gasteiger partial charge in [0.15, 0.2) is 0 Å². The fourth-order valence-corrected chi connectivity index (χ4v) is 4.32. The topological polar surface area (TPSA) is 66.5 Å². The van der Waals surface area contributed by atoms with E-state index in [2.05, 4.69) is 5.32 Å². The van der Waals surface area contributed by atoms with E-state index in [1.807, 2.05) is 0 Å². The number of nitrogens with one attached hydrogen (secondary N) is 1. The van der Waals surface area contributed by atoms with Gasteiger partial charge in [-0.15, -0.1) is 0 Å². The maximum absolute atomic E-state index is 12.8. The van der Waals surface area contributed by atoms with Crippen molar-refractivity contribution in [3.8, 4) is 0 Å². The second kappa shape index (κ2) is 8.48. The maximum Gasteiger partial charge on any atom is 0.248 e. The Morgan fingerprint density at radius 1 is 1.12 bits per heavy atom. The second-order valence-corrected chi connectivity index (χ2v) is 8.72. The molecule has 2 rings (SSSR count). The first-order valence-electron chi connectivity index (χ1n) is 7.64. The Bertz CT molecular complexity index is 919. The molecule has 26 heavy (non-hydrogen) atoms. The van der Waals surface area contributed by atoms with Gasteiger partial charge in [0.2, 0.25) is 15.9 Å². The lowest BCUT2D eigenvalue weighted by molar-refractivity contribution is -0.117. The summed E-state index contributed by atoms with van der Waals surface area (Å²) >= 11 is 17.9. The molecule has 0 aliphatic rings. The molecule has 0 heterocycles. The van der Waals surface area contributed by atoms with Gasteiger partial charge >= 0.3 is 0 Å². The third kappa shape index (κ3) is 5.04. The third-order valence-electron chi connectivity index (χ3n) is 3.58. The first-order chi connectivity index (χ1) is 12.1.